The monoisotopic (exact) mass is 344 g/mol. The van der Waals surface area contributed by atoms with Gasteiger partial charge in [0.15, 0.2) is 0 Å². The molecule has 4 heteroatoms. The maximum atomic E-state index is 11.7. The highest BCUT2D eigenvalue weighted by atomic mass is 35.5. The highest BCUT2D eigenvalue weighted by Gasteiger charge is 2.27. The maximum absolute atomic E-state index is 11.7. The quantitative estimate of drug-likeness (QED) is 0.705. The molecule has 2 aromatic carbocycles. The van der Waals surface area contributed by atoms with Crippen LogP contribution in [-0.2, 0) is 22.6 Å². The molecule has 0 atom stereocenters. The van der Waals surface area contributed by atoms with Gasteiger partial charge in [-0.25, -0.2) is 0 Å². The molecule has 1 aliphatic carbocycles. The Kier molecular flexibility index (Phi) is 5.10. The molecule has 126 valence electrons. The van der Waals surface area contributed by atoms with Crippen LogP contribution in [0, 0.1) is 6.92 Å². The summed E-state index contributed by atoms with van der Waals surface area (Å²) in [5.41, 5.74) is 4.42. The van der Waals surface area contributed by atoms with Gasteiger partial charge in [-0.2, -0.15) is 0 Å². The average Bonchev–Trinajstić information content (AvgIpc) is 3.39. The van der Waals surface area contributed by atoms with Gasteiger partial charge in [-0.1, -0.05) is 35.9 Å². The minimum absolute atomic E-state index is 0.238. The van der Waals surface area contributed by atoms with Crippen molar-refractivity contribution in [2.45, 2.75) is 38.7 Å². The van der Waals surface area contributed by atoms with Crippen molar-refractivity contribution in [2.75, 3.05) is 7.11 Å². The fraction of sp³-hybridized carbons (Fsp3) is 0.350. The maximum Gasteiger partial charge on any atom is 0.309 e. The second kappa shape index (κ2) is 7.27. The number of rotatable bonds is 6. The Morgan fingerprint density at radius 2 is 2.04 bits per heavy atom. The molecule has 3 rings (SSSR count). The zero-order valence-electron chi connectivity index (χ0n) is 14.0. The van der Waals surface area contributed by atoms with E-state index in [-0.39, 0.29) is 12.4 Å². The van der Waals surface area contributed by atoms with Crippen LogP contribution in [0.1, 0.15) is 41.0 Å². The van der Waals surface area contributed by atoms with Crippen molar-refractivity contribution in [1.29, 1.82) is 0 Å². The fourth-order valence-corrected chi connectivity index (χ4v) is 3.16. The van der Waals surface area contributed by atoms with Gasteiger partial charge in [0.05, 0.1) is 18.6 Å². The van der Waals surface area contributed by atoms with Gasteiger partial charge in [-0.3, -0.25) is 4.79 Å². The van der Waals surface area contributed by atoms with Crippen LogP contribution in [0.4, 0.5) is 0 Å². The van der Waals surface area contributed by atoms with E-state index in [4.69, 9.17) is 21.1 Å². The summed E-state index contributed by atoms with van der Waals surface area (Å²) < 4.78 is 10.8. The van der Waals surface area contributed by atoms with Crippen LogP contribution in [0.2, 0.25) is 5.02 Å². The molecule has 0 aromatic heterocycles. The van der Waals surface area contributed by atoms with Crippen molar-refractivity contribution >= 4 is 17.6 Å². The van der Waals surface area contributed by atoms with Crippen LogP contribution in [-0.4, -0.2) is 13.1 Å². The zero-order valence-corrected chi connectivity index (χ0v) is 14.7. The van der Waals surface area contributed by atoms with Gasteiger partial charge in [-0.05, 0) is 60.1 Å². The second-order valence-electron chi connectivity index (χ2n) is 6.23. The first-order valence-corrected chi connectivity index (χ1v) is 8.52. The summed E-state index contributed by atoms with van der Waals surface area (Å²) in [6.45, 7) is 2.40. The molecule has 0 saturated heterocycles. The van der Waals surface area contributed by atoms with Crippen molar-refractivity contribution in [1.82, 2.24) is 0 Å². The van der Waals surface area contributed by atoms with Gasteiger partial charge in [0, 0.05) is 0 Å². The molecule has 0 aliphatic heterocycles. The topological polar surface area (TPSA) is 35.5 Å². The van der Waals surface area contributed by atoms with Crippen LogP contribution in [0.3, 0.4) is 0 Å². The standard InChI is InChI=1S/C20H21ClO3/c1-13-6-9-19(18(21)10-13)24-12-17-15(11-20(22)23-2)4-3-5-16(17)14-7-8-14/h3-6,9-10,14H,7-8,11-12H2,1-2H3. The summed E-state index contributed by atoms with van der Waals surface area (Å²) in [5, 5.41) is 0.605. The number of benzene rings is 2. The van der Waals surface area contributed by atoms with Crippen LogP contribution in [0.25, 0.3) is 0 Å². The van der Waals surface area contributed by atoms with E-state index in [0.717, 1.165) is 16.7 Å². The van der Waals surface area contributed by atoms with E-state index >= 15 is 0 Å². The second-order valence-corrected chi connectivity index (χ2v) is 6.64. The molecule has 1 aliphatic rings. The van der Waals surface area contributed by atoms with Crippen LogP contribution in [0.15, 0.2) is 36.4 Å². The molecular formula is C20H21ClO3. The number of hydrogen-bond acceptors (Lipinski definition) is 3. The van der Waals surface area contributed by atoms with E-state index in [1.807, 2.05) is 37.3 Å². The molecule has 0 unspecified atom stereocenters. The molecule has 1 saturated carbocycles. The summed E-state index contributed by atoms with van der Waals surface area (Å²) in [6.07, 6.45) is 2.65. The summed E-state index contributed by atoms with van der Waals surface area (Å²) in [7, 11) is 1.41. The Bertz CT molecular complexity index is 751. The first kappa shape index (κ1) is 16.8. The molecule has 0 heterocycles. The van der Waals surface area contributed by atoms with Crippen molar-refractivity contribution < 1.29 is 14.3 Å². The van der Waals surface area contributed by atoms with Crippen LogP contribution >= 0.6 is 11.6 Å². The van der Waals surface area contributed by atoms with Crippen LogP contribution in [0.5, 0.6) is 5.75 Å². The summed E-state index contributed by atoms with van der Waals surface area (Å²) in [6, 6.07) is 11.9. The number of aryl methyl sites for hydroxylation is 1. The minimum atomic E-state index is -0.238. The largest absolute Gasteiger partial charge is 0.487 e. The van der Waals surface area contributed by atoms with Crippen molar-refractivity contribution in [3.05, 3.63) is 63.7 Å². The van der Waals surface area contributed by atoms with Gasteiger partial charge < -0.3 is 9.47 Å². The Balaban J connectivity index is 1.85. The predicted octanol–water partition coefficient (Wildman–Crippen LogP) is 4.82. The van der Waals surface area contributed by atoms with Gasteiger partial charge in [0.1, 0.15) is 12.4 Å². The first-order chi connectivity index (χ1) is 11.6. The summed E-state index contributed by atoms with van der Waals surface area (Å²) >= 11 is 6.26. The normalized spacial score (nSPS) is 13.6. The number of halogens is 1. The highest BCUT2D eigenvalue weighted by Crippen LogP contribution is 2.42. The molecule has 0 spiro atoms. The van der Waals surface area contributed by atoms with Crippen molar-refractivity contribution in [3.63, 3.8) is 0 Å². The number of methoxy groups -OCH3 is 1. The fourth-order valence-electron chi connectivity index (χ4n) is 2.87. The zero-order chi connectivity index (χ0) is 17.1. The number of hydrogen-bond donors (Lipinski definition) is 0. The average molecular weight is 345 g/mol. The van der Waals surface area contributed by atoms with Crippen molar-refractivity contribution in [2.24, 2.45) is 0 Å². The molecule has 3 nitrogen and oxygen atoms in total. The van der Waals surface area contributed by atoms with Gasteiger partial charge in [0.25, 0.3) is 0 Å². The molecule has 0 N–H and O–H groups in total. The van der Waals surface area contributed by atoms with Crippen LogP contribution < -0.4 is 4.74 Å². The molecule has 24 heavy (non-hydrogen) atoms. The number of ether oxygens (including phenoxy) is 2. The lowest BCUT2D eigenvalue weighted by molar-refractivity contribution is -0.139. The van der Waals surface area contributed by atoms with E-state index in [2.05, 4.69) is 6.07 Å². The SMILES string of the molecule is COC(=O)Cc1cccc(C2CC2)c1COc1ccc(C)cc1Cl. The lowest BCUT2D eigenvalue weighted by Gasteiger charge is -2.16. The third kappa shape index (κ3) is 3.90. The smallest absolute Gasteiger partial charge is 0.309 e. The highest BCUT2D eigenvalue weighted by molar-refractivity contribution is 6.32. The molecule has 2 aromatic rings. The lowest BCUT2D eigenvalue weighted by Crippen LogP contribution is -2.10. The molecule has 0 radical (unpaired) electrons. The summed E-state index contributed by atoms with van der Waals surface area (Å²) in [4.78, 5) is 11.7. The van der Waals surface area contributed by atoms with Gasteiger partial charge in [-0.15, -0.1) is 0 Å². The Hall–Kier alpha value is -2.00. The van der Waals surface area contributed by atoms with E-state index in [9.17, 15) is 4.79 Å². The third-order valence-electron chi connectivity index (χ3n) is 4.35. The van der Waals surface area contributed by atoms with E-state index in [0.29, 0.717) is 23.3 Å². The Labute approximate surface area is 147 Å². The molecule has 0 amide bonds. The molecule has 1 fully saturated rings. The number of carbonyl (C=O) groups is 1. The van der Waals surface area contributed by atoms with E-state index < -0.39 is 0 Å². The molecular weight excluding hydrogens is 324 g/mol. The van der Waals surface area contributed by atoms with Gasteiger partial charge in [0.2, 0.25) is 0 Å². The predicted molar refractivity (Wildman–Crippen MR) is 94.7 cm³/mol. The number of esters is 1. The Morgan fingerprint density at radius 1 is 1.25 bits per heavy atom. The lowest BCUT2D eigenvalue weighted by atomic mass is 9.96. The van der Waals surface area contributed by atoms with E-state index in [1.54, 1.807) is 0 Å². The van der Waals surface area contributed by atoms with Crippen molar-refractivity contribution in [3.8, 4) is 5.75 Å². The summed E-state index contributed by atoms with van der Waals surface area (Å²) in [5.74, 6) is 1.00. The Morgan fingerprint density at radius 3 is 2.71 bits per heavy atom. The minimum Gasteiger partial charge on any atom is -0.487 e. The third-order valence-corrected chi connectivity index (χ3v) is 4.64. The first-order valence-electron chi connectivity index (χ1n) is 8.15. The van der Waals surface area contributed by atoms with E-state index in [1.165, 1.54) is 25.5 Å². The number of carbonyl (C=O) groups excluding carboxylic acids is 1. The molecule has 0 bridgehead atoms. The van der Waals surface area contributed by atoms with Gasteiger partial charge >= 0.3 is 5.97 Å².